The molecule has 1 amide bonds. The van der Waals surface area contributed by atoms with E-state index in [9.17, 15) is 9.59 Å². The molecule has 2 rings (SSSR count). The summed E-state index contributed by atoms with van der Waals surface area (Å²) in [6.45, 7) is 3.93. The molecule has 0 aliphatic heterocycles. The van der Waals surface area contributed by atoms with Crippen molar-refractivity contribution in [2.24, 2.45) is 0 Å². The second-order valence-electron chi connectivity index (χ2n) is 5.34. The number of hydrogen-bond donors (Lipinski definition) is 2. The Morgan fingerprint density at radius 3 is 2.52 bits per heavy atom. The fraction of sp³-hybridized carbons (Fsp3) is 0.353. The number of hydrogen-bond acceptors (Lipinski definition) is 4. The van der Waals surface area contributed by atoms with E-state index in [1.54, 1.807) is 23.5 Å². The van der Waals surface area contributed by atoms with Crippen LogP contribution in [0.4, 0.5) is 0 Å². The number of amides is 1. The van der Waals surface area contributed by atoms with Gasteiger partial charge in [0, 0.05) is 16.5 Å². The lowest BCUT2D eigenvalue weighted by Crippen LogP contribution is -2.40. The van der Waals surface area contributed by atoms with Crippen LogP contribution in [0, 0.1) is 6.92 Å². The first-order valence-corrected chi connectivity index (χ1v) is 8.45. The molecule has 2 N–H and O–H groups in total. The van der Waals surface area contributed by atoms with Crippen LogP contribution < -0.4 is 5.32 Å². The van der Waals surface area contributed by atoms with E-state index in [4.69, 9.17) is 5.11 Å². The van der Waals surface area contributed by atoms with Gasteiger partial charge in [-0.15, -0.1) is 11.3 Å². The number of carbonyl (C=O) groups excluding carboxylic acids is 1. The quantitative estimate of drug-likeness (QED) is 0.813. The van der Waals surface area contributed by atoms with Gasteiger partial charge < -0.3 is 10.4 Å². The molecule has 0 fully saturated rings. The minimum atomic E-state index is -0.999. The third kappa shape index (κ3) is 4.63. The number of unbranched alkanes of at least 4 members (excludes halogenated alkanes) is 1. The average molecular weight is 332 g/mol. The number of thiazole rings is 1. The van der Waals surface area contributed by atoms with Crippen molar-refractivity contribution in [2.45, 2.75) is 39.2 Å². The largest absolute Gasteiger partial charge is 0.480 e. The van der Waals surface area contributed by atoms with Crippen LogP contribution in [0.3, 0.4) is 0 Å². The Kier molecular flexibility index (Phi) is 5.87. The summed E-state index contributed by atoms with van der Waals surface area (Å²) in [7, 11) is 0. The molecule has 0 bridgehead atoms. The molecule has 0 radical (unpaired) electrons. The Balaban J connectivity index is 2.06. The maximum absolute atomic E-state index is 12.2. The molecule has 0 aliphatic carbocycles. The summed E-state index contributed by atoms with van der Waals surface area (Å²) in [5.41, 5.74) is 2.26. The molecule has 2 aromatic rings. The van der Waals surface area contributed by atoms with Gasteiger partial charge in [-0.25, -0.2) is 9.78 Å². The number of carbonyl (C=O) groups is 2. The average Bonchev–Trinajstić information content (AvgIpc) is 2.97. The van der Waals surface area contributed by atoms with Gasteiger partial charge in [-0.05, 0) is 25.5 Å². The van der Waals surface area contributed by atoms with Crippen molar-refractivity contribution in [1.82, 2.24) is 10.3 Å². The van der Waals surface area contributed by atoms with Crippen LogP contribution in [0.25, 0.3) is 11.3 Å². The molecule has 23 heavy (non-hydrogen) atoms. The van der Waals surface area contributed by atoms with Crippen LogP contribution in [0.1, 0.15) is 41.6 Å². The number of benzene rings is 1. The Labute approximate surface area is 139 Å². The molecule has 0 saturated carbocycles. The first-order chi connectivity index (χ1) is 11.0. The van der Waals surface area contributed by atoms with Gasteiger partial charge in [0.25, 0.3) is 5.91 Å². The molecule has 5 nitrogen and oxygen atoms in total. The van der Waals surface area contributed by atoms with Crippen LogP contribution in [-0.4, -0.2) is 28.0 Å². The van der Waals surface area contributed by atoms with Gasteiger partial charge in [0.2, 0.25) is 0 Å². The SMILES string of the molecule is CCCCC(NC(=O)c1ccc(-c2csc(C)n2)cc1)C(=O)O. The molecule has 0 spiro atoms. The minimum Gasteiger partial charge on any atom is -0.480 e. The summed E-state index contributed by atoms with van der Waals surface area (Å²) in [5.74, 6) is -1.36. The van der Waals surface area contributed by atoms with E-state index in [-0.39, 0.29) is 5.91 Å². The highest BCUT2D eigenvalue weighted by molar-refractivity contribution is 7.09. The fourth-order valence-corrected chi connectivity index (χ4v) is 2.82. The van der Waals surface area contributed by atoms with E-state index < -0.39 is 12.0 Å². The van der Waals surface area contributed by atoms with Crippen molar-refractivity contribution in [3.05, 3.63) is 40.2 Å². The maximum atomic E-state index is 12.2. The monoisotopic (exact) mass is 332 g/mol. The Hall–Kier alpha value is -2.21. The van der Waals surface area contributed by atoms with Crippen molar-refractivity contribution >= 4 is 23.2 Å². The van der Waals surface area contributed by atoms with Crippen molar-refractivity contribution in [3.63, 3.8) is 0 Å². The van der Waals surface area contributed by atoms with Gasteiger partial charge in [0.05, 0.1) is 10.7 Å². The van der Waals surface area contributed by atoms with Crippen LogP contribution >= 0.6 is 11.3 Å². The lowest BCUT2D eigenvalue weighted by atomic mass is 10.1. The zero-order valence-electron chi connectivity index (χ0n) is 13.2. The molecule has 1 unspecified atom stereocenters. The van der Waals surface area contributed by atoms with Crippen molar-refractivity contribution in [1.29, 1.82) is 0 Å². The second-order valence-corrected chi connectivity index (χ2v) is 6.40. The van der Waals surface area contributed by atoms with E-state index in [1.807, 2.05) is 31.4 Å². The molecular weight excluding hydrogens is 312 g/mol. The number of carboxylic acids is 1. The number of nitrogens with zero attached hydrogens (tertiary/aromatic N) is 1. The number of aryl methyl sites for hydroxylation is 1. The van der Waals surface area contributed by atoms with Gasteiger partial charge >= 0.3 is 5.97 Å². The summed E-state index contributed by atoms with van der Waals surface area (Å²) < 4.78 is 0. The molecule has 122 valence electrons. The van der Waals surface area contributed by atoms with E-state index in [0.717, 1.165) is 29.1 Å². The molecular formula is C17H20N2O3S. The summed E-state index contributed by atoms with van der Waals surface area (Å²) in [6, 6.07) is 6.19. The van der Waals surface area contributed by atoms with Crippen LogP contribution in [0.5, 0.6) is 0 Å². The number of nitrogens with one attached hydrogen (secondary N) is 1. The predicted molar refractivity (Wildman–Crippen MR) is 90.7 cm³/mol. The van der Waals surface area contributed by atoms with Crippen LogP contribution in [0.2, 0.25) is 0 Å². The number of carboxylic acid groups (broad SMARTS) is 1. The van der Waals surface area contributed by atoms with Crippen molar-refractivity contribution < 1.29 is 14.7 Å². The van der Waals surface area contributed by atoms with Gasteiger partial charge in [0.1, 0.15) is 6.04 Å². The molecule has 1 aromatic heterocycles. The zero-order valence-corrected chi connectivity index (χ0v) is 14.0. The van der Waals surface area contributed by atoms with Gasteiger partial charge in [-0.1, -0.05) is 31.9 Å². The highest BCUT2D eigenvalue weighted by Gasteiger charge is 2.20. The molecule has 0 aliphatic rings. The number of aromatic nitrogens is 1. The first-order valence-electron chi connectivity index (χ1n) is 7.57. The second kappa shape index (κ2) is 7.87. The third-order valence-corrected chi connectivity index (χ3v) is 4.29. The van der Waals surface area contributed by atoms with E-state index >= 15 is 0 Å². The maximum Gasteiger partial charge on any atom is 0.326 e. The number of aliphatic carboxylic acids is 1. The Bertz CT molecular complexity index is 679. The molecule has 6 heteroatoms. The summed E-state index contributed by atoms with van der Waals surface area (Å²) >= 11 is 1.57. The molecule has 1 aromatic carbocycles. The summed E-state index contributed by atoms with van der Waals surface area (Å²) in [6.07, 6.45) is 2.09. The highest BCUT2D eigenvalue weighted by atomic mass is 32.1. The van der Waals surface area contributed by atoms with E-state index in [2.05, 4.69) is 10.3 Å². The lowest BCUT2D eigenvalue weighted by molar-refractivity contribution is -0.139. The highest BCUT2D eigenvalue weighted by Crippen LogP contribution is 2.21. The molecule has 0 saturated heterocycles. The standard InChI is InChI=1S/C17H20N2O3S/c1-3-4-5-14(17(21)22)19-16(20)13-8-6-12(7-9-13)15-10-23-11(2)18-15/h6-10,14H,3-5H2,1-2H3,(H,19,20)(H,21,22). The topological polar surface area (TPSA) is 79.3 Å². The first kappa shape index (κ1) is 17.1. The summed E-state index contributed by atoms with van der Waals surface area (Å²) in [4.78, 5) is 27.8. The van der Waals surface area contributed by atoms with Crippen LogP contribution in [-0.2, 0) is 4.79 Å². The van der Waals surface area contributed by atoms with Gasteiger partial charge in [-0.2, -0.15) is 0 Å². The molecule has 1 atom stereocenters. The van der Waals surface area contributed by atoms with E-state index in [0.29, 0.717) is 12.0 Å². The van der Waals surface area contributed by atoms with Crippen molar-refractivity contribution in [2.75, 3.05) is 0 Å². The van der Waals surface area contributed by atoms with Gasteiger partial charge in [0.15, 0.2) is 0 Å². The van der Waals surface area contributed by atoms with Crippen LogP contribution in [0.15, 0.2) is 29.6 Å². The third-order valence-electron chi connectivity index (χ3n) is 3.51. The predicted octanol–water partition coefficient (Wildman–Crippen LogP) is 3.49. The Morgan fingerprint density at radius 2 is 2.00 bits per heavy atom. The van der Waals surface area contributed by atoms with Gasteiger partial charge in [-0.3, -0.25) is 4.79 Å². The smallest absolute Gasteiger partial charge is 0.326 e. The zero-order chi connectivity index (χ0) is 16.8. The number of rotatable bonds is 7. The van der Waals surface area contributed by atoms with Crippen molar-refractivity contribution in [3.8, 4) is 11.3 Å². The lowest BCUT2D eigenvalue weighted by Gasteiger charge is -2.14. The normalized spacial score (nSPS) is 11.9. The van der Waals surface area contributed by atoms with E-state index in [1.165, 1.54) is 0 Å². The summed E-state index contributed by atoms with van der Waals surface area (Å²) in [5, 5.41) is 14.7. The molecule has 1 heterocycles. The minimum absolute atomic E-state index is 0.366. The Morgan fingerprint density at radius 1 is 1.30 bits per heavy atom. The fourth-order valence-electron chi connectivity index (χ4n) is 2.20.